The Bertz CT molecular complexity index is 682. The maximum atomic E-state index is 12.9. The number of nitrogens with zero attached hydrogens (tertiary/aromatic N) is 1. The van der Waals surface area contributed by atoms with Crippen molar-refractivity contribution in [3.8, 4) is 0 Å². The maximum absolute atomic E-state index is 12.9. The Labute approximate surface area is 161 Å². The van der Waals surface area contributed by atoms with E-state index in [1.54, 1.807) is 17.8 Å². The van der Waals surface area contributed by atoms with Gasteiger partial charge in [-0.25, -0.2) is 8.42 Å². The van der Waals surface area contributed by atoms with Gasteiger partial charge in [-0.15, -0.1) is 0 Å². The van der Waals surface area contributed by atoms with Crippen LogP contribution in [0.2, 0.25) is 0 Å². The second-order valence-electron chi connectivity index (χ2n) is 6.45. The Morgan fingerprint density at radius 2 is 1.85 bits per heavy atom. The molecule has 1 atom stereocenters. The molecule has 0 bridgehead atoms. The predicted molar refractivity (Wildman–Crippen MR) is 109 cm³/mol. The number of likely N-dealkylation sites (tertiary alicyclic amines) is 1. The Hall–Kier alpha value is -1.31. The molecule has 1 amide bonds. The number of benzene rings is 1. The van der Waals surface area contributed by atoms with Crippen molar-refractivity contribution in [1.29, 1.82) is 0 Å². The molecule has 1 heterocycles. The van der Waals surface area contributed by atoms with Crippen molar-refractivity contribution in [2.75, 3.05) is 25.1 Å². The van der Waals surface area contributed by atoms with Crippen molar-refractivity contribution in [3.63, 3.8) is 0 Å². The zero-order chi connectivity index (χ0) is 18.8. The molecule has 2 rings (SSSR count). The molecule has 1 aliphatic rings. The molecule has 1 N–H and O–H groups in total. The van der Waals surface area contributed by atoms with E-state index < -0.39 is 16.1 Å². The van der Waals surface area contributed by atoms with Gasteiger partial charge in [0.1, 0.15) is 6.04 Å². The van der Waals surface area contributed by atoms with Crippen molar-refractivity contribution in [3.05, 3.63) is 41.3 Å². The first kappa shape index (κ1) is 21.0. The van der Waals surface area contributed by atoms with Crippen molar-refractivity contribution in [2.45, 2.75) is 38.1 Å². The molecule has 0 aliphatic carbocycles. The molecule has 1 saturated heterocycles. The van der Waals surface area contributed by atoms with Crippen molar-refractivity contribution in [1.82, 2.24) is 9.62 Å². The molecular weight excluding hydrogens is 368 g/mol. The van der Waals surface area contributed by atoms with Gasteiger partial charge in [-0.3, -0.25) is 4.79 Å². The van der Waals surface area contributed by atoms with Gasteiger partial charge in [-0.05, 0) is 42.9 Å². The fraction of sp³-hybridized carbons (Fsp3) is 0.526. The second-order valence-corrected chi connectivity index (χ2v) is 9.03. The third-order valence-electron chi connectivity index (χ3n) is 4.37. The first-order valence-corrected chi connectivity index (χ1v) is 12.0. The molecule has 1 unspecified atom stereocenters. The van der Waals surface area contributed by atoms with Gasteiger partial charge < -0.3 is 4.90 Å². The van der Waals surface area contributed by atoms with Crippen LogP contribution in [0.25, 0.3) is 6.08 Å². The van der Waals surface area contributed by atoms with E-state index in [0.717, 1.165) is 55.5 Å². The van der Waals surface area contributed by atoms with Gasteiger partial charge in [0.15, 0.2) is 0 Å². The highest BCUT2D eigenvalue weighted by molar-refractivity contribution is 7.98. The molecular formula is C19H28N2O3S2. The van der Waals surface area contributed by atoms with Gasteiger partial charge in [-0.1, -0.05) is 43.2 Å². The highest BCUT2D eigenvalue weighted by Gasteiger charge is 2.27. The summed E-state index contributed by atoms with van der Waals surface area (Å²) in [5, 5.41) is 1.14. The molecule has 144 valence electrons. The standard InChI is InChI=1S/C19H28N2O3S2/c1-25-15-11-18(19(22)21-13-7-2-3-8-14-21)20-26(23,24)16-12-17-9-5-4-6-10-17/h4-6,9-10,12,16,18,20H,2-3,7-8,11,13-15H2,1H3/b16-12+. The summed E-state index contributed by atoms with van der Waals surface area (Å²) < 4.78 is 27.5. The van der Waals surface area contributed by atoms with Gasteiger partial charge in [-0.2, -0.15) is 16.5 Å². The Morgan fingerprint density at radius 3 is 2.46 bits per heavy atom. The fourth-order valence-electron chi connectivity index (χ4n) is 2.95. The van der Waals surface area contributed by atoms with Crippen molar-refractivity contribution < 1.29 is 13.2 Å². The average Bonchev–Trinajstić information content (AvgIpc) is 2.93. The van der Waals surface area contributed by atoms with Crippen LogP contribution in [0.15, 0.2) is 35.7 Å². The Balaban J connectivity index is 2.07. The summed E-state index contributed by atoms with van der Waals surface area (Å²) in [6.07, 6.45) is 8.23. The summed E-state index contributed by atoms with van der Waals surface area (Å²) in [6, 6.07) is 8.54. The molecule has 5 nitrogen and oxygen atoms in total. The minimum absolute atomic E-state index is 0.0994. The monoisotopic (exact) mass is 396 g/mol. The number of hydrogen-bond donors (Lipinski definition) is 1. The third-order valence-corrected chi connectivity index (χ3v) is 6.12. The van der Waals surface area contributed by atoms with Crippen molar-refractivity contribution in [2.24, 2.45) is 0 Å². The van der Waals surface area contributed by atoms with Crippen molar-refractivity contribution >= 4 is 33.8 Å². The molecule has 7 heteroatoms. The number of carbonyl (C=O) groups is 1. The van der Waals surface area contributed by atoms with E-state index in [2.05, 4.69) is 4.72 Å². The molecule has 1 aliphatic heterocycles. The van der Waals surface area contributed by atoms with Crippen LogP contribution in [0.3, 0.4) is 0 Å². The normalized spacial score (nSPS) is 17.2. The topological polar surface area (TPSA) is 66.5 Å². The minimum atomic E-state index is -3.69. The number of rotatable bonds is 8. The summed E-state index contributed by atoms with van der Waals surface area (Å²) in [4.78, 5) is 14.7. The lowest BCUT2D eigenvalue weighted by Crippen LogP contribution is -2.48. The lowest BCUT2D eigenvalue weighted by Gasteiger charge is -2.26. The summed E-state index contributed by atoms with van der Waals surface area (Å²) in [6.45, 7) is 1.44. The number of thioether (sulfide) groups is 1. The van der Waals surface area contributed by atoms with Crippen LogP contribution >= 0.6 is 11.8 Å². The average molecular weight is 397 g/mol. The molecule has 0 aromatic heterocycles. The quantitative estimate of drug-likeness (QED) is 0.733. The largest absolute Gasteiger partial charge is 0.341 e. The number of amides is 1. The lowest BCUT2D eigenvalue weighted by atomic mass is 10.2. The van der Waals surface area contributed by atoms with Gasteiger partial charge in [0.2, 0.25) is 15.9 Å². The van der Waals surface area contributed by atoms with E-state index in [1.807, 2.05) is 41.5 Å². The lowest BCUT2D eigenvalue weighted by molar-refractivity contribution is -0.133. The van der Waals surface area contributed by atoms with Crippen LogP contribution < -0.4 is 4.72 Å². The number of sulfonamides is 1. The molecule has 26 heavy (non-hydrogen) atoms. The molecule has 1 aromatic carbocycles. The van der Waals surface area contributed by atoms with E-state index in [9.17, 15) is 13.2 Å². The third kappa shape index (κ3) is 7.13. The van der Waals surface area contributed by atoms with Gasteiger partial charge in [0.05, 0.1) is 0 Å². The molecule has 0 spiro atoms. The minimum Gasteiger partial charge on any atom is -0.341 e. The van der Waals surface area contributed by atoms with Crippen LogP contribution in [0.5, 0.6) is 0 Å². The van der Waals surface area contributed by atoms with E-state index in [4.69, 9.17) is 0 Å². The van der Waals surface area contributed by atoms with Gasteiger partial charge >= 0.3 is 0 Å². The molecule has 1 aromatic rings. The zero-order valence-electron chi connectivity index (χ0n) is 15.3. The maximum Gasteiger partial charge on any atom is 0.240 e. The molecule has 0 radical (unpaired) electrons. The second kappa shape index (κ2) is 10.7. The summed E-state index contributed by atoms with van der Waals surface area (Å²) in [7, 11) is -3.69. The smallest absolute Gasteiger partial charge is 0.240 e. The predicted octanol–water partition coefficient (Wildman–Crippen LogP) is 3.10. The van der Waals surface area contributed by atoms with E-state index in [1.165, 1.54) is 0 Å². The van der Waals surface area contributed by atoms with Gasteiger partial charge in [0.25, 0.3) is 0 Å². The summed E-state index contributed by atoms with van der Waals surface area (Å²) in [5.74, 6) is 0.632. The first-order chi connectivity index (χ1) is 12.5. The zero-order valence-corrected chi connectivity index (χ0v) is 16.9. The summed E-state index contributed by atoms with van der Waals surface area (Å²) in [5.41, 5.74) is 0.803. The Kier molecular flexibility index (Phi) is 8.68. The number of nitrogens with one attached hydrogen (secondary N) is 1. The van der Waals surface area contributed by atoms with Gasteiger partial charge in [0, 0.05) is 18.5 Å². The SMILES string of the molecule is CSCCC(NS(=O)(=O)/C=C/c1ccccc1)C(=O)N1CCCCCC1. The number of hydrogen-bond acceptors (Lipinski definition) is 4. The highest BCUT2D eigenvalue weighted by atomic mass is 32.2. The molecule has 1 fully saturated rings. The van der Waals surface area contributed by atoms with Crippen LogP contribution in [0.4, 0.5) is 0 Å². The highest BCUT2D eigenvalue weighted by Crippen LogP contribution is 2.14. The first-order valence-electron chi connectivity index (χ1n) is 9.05. The fourth-order valence-corrected chi connectivity index (χ4v) is 4.45. The van der Waals surface area contributed by atoms with E-state index in [-0.39, 0.29) is 5.91 Å². The van der Waals surface area contributed by atoms with E-state index >= 15 is 0 Å². The van der Waals surface area contributed by atoms with Crippen LogP contribution in [0.1, 0.15) is 37.7 Å². The number of carbonyl (C=O) groups excluding carboxylic acids is 1. The van der Waals surface area contributed by atoms with Crippen LogP contribution in [-0.2, 0) is 14.8 Å². The Morgan fingerprint density at radius 1 is 1.19 bits per heavy atom. The van der Waals surface area contributed by atoms with Crippen LogP contribution in [-0.4, -0.2) is 50.4 Å². The molecule has 0 saturated carbocycles. The van der Waals surface area contributed by atoms with Crippen LogP contribution in [0, 0.1) is 0 Å². The van der Waals surface area contributed by atoms with E-state index in [0.29, 0.717) is 6.42 Å². The summed E-state index contributed by atoms with van der Waals surface area (Å²) >= 11 is 1.61.